The summed E-state index contributed by atoms with van der Waals surface area (Å²) in [4.78, 5) is 25.8. The Hall–Kier alpha value is -2.08. The zero-order valence-electron chi connectivity index (χ0n) is 14.6. The minimum absolute atomic E-state index is 0.0315. The van der Waals surface area contributed by atoms with Crippen LogP contribution in [0.1, 0.15) is 32.1 Å². The van der Waals surface area contributed by atoms with Crippen molar-refractivity contribution in [2.45, 2.75) is 32.1 Å². The molecule has 2 amide bonds. The van der Waals surface area contributed by atoms with Crippen LogP contribution < -0.4 is 20.3 Å². The van der Waals surface area contributed by atoms with Crippen LogP contribution in [0.4, 0.5) is 5.69 Å². The number of anilines is 1. The lowest BCUT2D eigenvalue weighted by Gasteiger charge is -2.29. The van der Waals surface area contributed by atoms with Gasteiger partial charge in [0.2, 0.25) is 5.91 Å². The second kappa shape index (κ2) is 8.85. The third-order valence-corrected chi connectivity index (χ3v) is 4.93. The highest BCUT2D eigenvalue weighted by atomic mass is 16.5. The number of carbonyl (C=O) groups excluding carboxylic acids is 2. The molecule has 0 bridgehead atoms. The number of amides is 2. The van der Waals surface area contributed by atoms with E-state index in [-0.39, 0.29) is 18.4 Å². The van der Waals surface area contributed by atoms with Gasteiger partial charge in [0.25, 0.3) is 5.91 Å². The van der Waals surface area contributed by atoms with Crippen molar-refractivity contribution in [2.75, 3.05) is 37.7 Å². The molecule has 1 fully saturated rings. The lowest BCUT2D eigenvalue weighted by molar-refractivity contribution is -0.121. The molecular formula is C19H27N3O3. The molecule has 2 aliphatic heterocycles. The van der Waals surface area contributed by atoms with Gasteiger partial charge >= 0.3 is 0 Å². The standard InChI is InChI=1S/C19H27N3O3/c23-18(7-6-15-8-11-20-12-9-15)21-10-3-13-22-16-4-1-2-5-17(16)25-14-19(22)24/h1-2,4-5,15,20H,3,6-14H2,(H,21,23). The SMILES string of the molecule is O=C(CCC1CCNCC1)NCCCN1C(=O)COc2ccccc21. The predicted octanol–water partition coefficient (Wildman–Crippen LogP) is 1.70. The Morgan fingerprint density at radius 2 is 2.08 bits per heavy atom. The minimum Gasteiger partial charge on any atom is -0.482 e. The zero-order chi connectivity index (χ0) is 17.5. The van der Waals surface area contributed by atoms with Crippen molar-refractivity contribution < 1.29 is 14.3 Å². The van der Waals surface area contributed by atoms with E-state index in [9.17, 15) is 9.59 Å². The van der Waals surface area contributed by atoms with E-state index in [0.717, 1.165) is 37.4 Å². The number of nitrogens with one attached hydrogen (secondary N) is 2. The van der Waals surface area contributed by atoms with Crippen molar-refractivity contribution in [3.63, 3.8) is 0 Å². The van der Waals surface area contributed by atoms with Crippen LogP contribution in [0.25, 0.3) is 0 Å². The fraction of sp³-hybridized carbons (Fsp3) is 0.579. The summed E-state index contributed by atoms with van der Waals surface area (Å²) in [5.41, 5.74) is 0.816. The summed E-state index contributed by atoms with van der Waals surface area (Å²) < 4.78 is 5.43. The van der Waals surface area contributed by atoms with Gasteiger partial charge in [-0.15, -0.1) is 0 Å². The molecule has 2 N–H and O–H groups in total. The lowest BCUT2D eigenvalue weighted by atomic mass is 9.93. The quantitative estimate of drug-likeness (QED) is 0.738. The van der Waals surface area contributed by atoms with Gasteiger partial charge in [-0.05, 0) is 56.8 Å². The first-order chi connectivity index (χ1) is 12.2. The number of carbonyl (C=O) groups is 2. The molecule has 2 heterocycles. The minimum atomic E-state index is -0.0315. The maximum absolute atomic E-state index is 12.1. The molecule has 2 aliphatic rings. The van der Waals surface area contributed by atoms with Crippen LogP contribution >= 0.6 is 0 Å². The highest BCUT2D eigenvalue weighted by molar-refractivity contribution is 5.97. The predicted molar refractivity (Wildman–Crippen MR) is 96.7 cm³/mol. The van der Waals surface area contributed by atoms with E-state index in [1.54, 1.807) is 4.90 Å². The number of rotatable bonds is 7. The fourth-order valence-corrected chi connectivity index (χ4v) is 3.46. The van der Waals surface area contributed by atoms with E-state index in [1.165, 1.54) is 12.8 Å². The maximum atomic E-state index is 12.1. The van der Waals surface area contributed by atoms with Crippen molar-refractivity contribution in [3.05, 3.63) is 24.3 Å². The molecule has 0 saturated carbocycles. The molecule has 0 spiro atoms. The van der Waals surface area contributed by atoms with Crippen LogP contribution in [-0.4, -0.2) is 44.6 Å². The first kappa shape index (κ1) is 17.7. The van der Waals surface area contributed by atoms with Gasteiger partial charge in [0.05, 0.1) is 5.69 Å². The highest BCUT2D eigenvalue weighted by Crippen LogP contribution is 2.31. The molecule has 6 nitrogen and oxygen atoms in total. The molecule has 1 saturated heterocycles. The van der Waals surface area contributed by atoms with Crippen LogP contribution in [0, 0.1) is 5.92 Å². The van der Waals surface area contributed by atoms with E-state index in [2.05, 4.69) is 10.6 Å². The fourth-order valence-electron chi connectivity index (χ4n) is 3.46. The van der Waals surface area contributed by atoms with Gasteiger partial charge < -0.3 is 20.3 Å². The number of hydrogen-bond donors (Lipinski definition) is 2. The smallest absolute Gasteiger partial charge is 0.265 e. The molecule has 6 heteroatoms. The monoisotopic (exact) mass is 345 g/mol. The largest absolute Gasteiger partial charge is 0.482 e. The van der Waals surface area contributed by atoms with E-state index >= 15 is 0 Å². The summed E-state index contributed by atoms with van der Waals surface area (Å²) in [5.74, 6) is 1.51. The number of nitrogens with zero attached hydrogens (tertiary/aromatic N) is 1. The van der Waals surface area contributed by atoms with E-state index in [4.69, 9.17) is 4.74 Å². The van der Waals surface area contributed by atoms with Gasteiger partial charge in [-0.25, -0.2) is 0 Å². The van der Waals surface area contributed by atoms with E-state index < -0.39 is 0 Å². The molecule has 0 aliphatic carbocycles. The topological polar surface area (TPSA) is 70.7 Å². The van der Waals surface area contributed by atoms with Gasteiger partial charge in [0.1, 0.15) is 5.75 Å². The van der Waals surface area contributed by atoms with Crippen molar-refractivity contribution in [3.8, 4) is 5.75 Å². The second-order valence-corrected chi connectivity index (χ2v) is 6.74. The Labute approximate surface area is 148 Å². The van der Waals surface area contributed by atoms with Crippen molar-refractivity contribution in [2.24, 2.45) is 5.92 Å². The molecule has 136 valence electrons. The summed E-state index contributed by atoms with van der Waals surface area (Å²) in [7, 11) is 0. The van der Waals surface area contributed by atoms with Gasteiger partial charge in [-0.3, -0.25) is 9.59 Å². The average molecular weight is 345 g/mol. The van der Waals surface area contributed by atoms with Crippen molar-refractivity contribution in [1.29, 1.82) is 0 Å². The Balaban J connectivity index is 1.36. The molecule has 0 unspecified atom stereocenters. The first-order valence-electron chi connectivity index (χ1n) is 9.23. The molecule has 1 aromatic rings. The molecule has 1 aromatic carbocycles. The molecule has 0 radical (unpaired) electrons. The van der Waals surface area contributed by atoms with Crippen LogP contribution in [0.2, 0.25) is 0 Å². The molecule has 0 atom stereocenters. The summed E-state index contributed by atoms with van der Waals surface area (Å²) in [6, 6.07) is 7.56. The van der Waals surface area contributed by atoms with Gasteiger partial charge in [0, 0.05) is 19.5 Å². The lowest BCUT2D eigenvalue weighted by Crippen LogP contribution is -2.40. The zero-order valence-corrected chi connectivity index (χ0v) is 14.6. The number of para-hydroxylation sites is 2. The Kier molecular flexibility index (Phi) is 6.28. The number of hydrogen-bond acceptors (Lipinski definition) is 4. The van der Waals surface area contributed by atoms with Crippen LogP contribution in [0.15, 0.2) is 24.3 Å². The van der Waals surface area contributed by atoms with Gasteiger partial charge in [-0.1, -0.05) is 12.1 Å². The molecule has 3 rings (SSSR count). The first-order valence-corrected chi connectivity index (χ1v) is 9.23. The average Bonchev–Trinajstić information content (AvgIpc) is 2.65. The van der Waals surface area contributed by atoms with Crippen LogP contribution in [-0.2, 0) is 9.59 Å². The van der Waals surface area contributed by atoms with Crippen LogP contribution in [0.5, 0.6) is 5.75 Å². The summed E-state index contributed by atoms with van der Waals surface area (Å²) in [6.45, 7) is 3.41. The van der Waals surface area contributed by atoms with Crippen LogP contribution in [0.3, 0.4) is 0 Å². The normalized spacial score (nSPS) is 17.8. The third-order valence-electron chi connectivity index (χ3n) is 4.93. The number of ether oxygens (including phenoxy) is 1. The number of benzene rings is 1. The Bertz CT molecular complexity index is 599. The van der Waals surface area contributed by atoms with Gasteiger partial charge in [0.15, 0.2) is 6.61 Å². The van der Waals surface area contributed by atoms with E-state index in [0.29, 0.717) is 25.4 Å². The number of piperidine rings is 1. The number of fused-ring (bicyclic) bond motifs is 1. The summed E-state index contributed by atoms with van der Waals surface area (Å²) in [5, 5.41) is 6.32. The Morgan fingerprint density at radius 1 is 1.28 bits per heavy atom. The Morgan fingerprint density at radius 3 is 2.92 bits per heavy atom. The highest BCUT2D eigenvalue weighted by Gasteiger charge is 2.24. The van der Waals surface area contributed by atoms with Crippen molar-refractivity contribution in [1.82, 2.24) is 10.6 Å². The summed E-state index contributed by atoms with van der Waals surface area (Å²) in [6.07, 6.45) is 4.66. The van der Waals surface area contributed by atoms with Crippen molar-refractivity contribution >= 4 is 17.5 Å². The third kappa shape index (κ3) is 4.95. The molecular weight excluding hydrogens is 318 g/mol. The molecule has 25 heavy (non-hydrogen) atoms. The second-order valence-electron chi connectivity index (χ2n) is 6.74. The van der Waals surface area contributed by atoms with E-state index in [1.807, 2.05) is 24.3 Å². The van der Waals surface area contributed by atoms with Gasteiger partial charge in [-0.2, -0.15) is 0 Å². The molecule has 0 aromatic heterocycles. The maximum Gasteiger partial charge on any atom is 0.265 e. The summed E-state index contributed by atoms with van der Waals surface area (Å²) >= 11 is 0.